The lowest BCUT2D eigenvalue weighted by Crippen LogP contribution is -2.04. The molecule has 0 aliphatic heterocycles. The van der Waals surface area contributed by atoms with Gasteiger partial charge in [-0.25, -0.2) is 4.79 Å². The third kappa shape index (κ3) is 11.8. The number of carboxylic acid groups (broad SMARTS) is 1. The Kier molecular flexibility index (Phi) is 10.9. The number of rotatable bonds is 12. The molecular weight excluding hydrogens is 336 g/mol. The summed E-state index contributed by atoms with van der Waals surface area (Å²) < 4.78 is 5.80. The fourth-order valence-corrected chi connectivity index (χ4v) is 2.67. The number of carboxylic acids is 1. The molecule has 0 radical (unpaired) electrons. The van der Waals surface area contributed by atoms with Gasteiger partial charge in [-0.15, -0.1) is 0 Å². The van der Waals surface area contributed by atoms with Crippen LogP contribution < -0.4 is 4.74 Å². The number of carbonyl (C=O) groups is 1. The summed E-state index contributed by atoms with van der Waals surface area (Å²) in [5.41, 5.74) is 3.72. The minimum absolute atomic E-state index is 0.629. The van der Waals surface area contributed by atoms with Crippen LogP contribution in [0.3, 0.4) is 0 Å². The van der Waals surface area contributed by atoms with Gasteiger partial charge in [0.1, 0.15) is 5.75 Å². The van der Waals surface area contributed by atoms with Gasteiger partial charge < -0.3 is 9.84 Å². The Labute approximate surface area is 164 Å². The molecule has 1 N–H and O–H groups in total. The Hall–Kier alpha value is -2.29. The van der Waals surface area contributed by atoms with Crippen LogP contribution in [0, 0.1) is 5.92 Å². The van der Waals surface area contributed by atoms with Crippen LogP contribution in [0.5, 0.6) is 5.75 Å². The molecule has 1 aromatic carbocycles. The van der Waals surface area contributed by atoms with Gasteiger partial charge in [0, 0.05) is 6.08 Å². The van der Waals surface area contributed by atoms with Gasteiger partial charge in [-0.1, -0.05) is 42.4 Å². The highest BCUT2D eigenvalue weighted by Gasteiger charge is 2.02. The Balaban J connectivity index is 2.24. The van der Waals surface area contributed by atoms with Crippen molar-refractivity contribution >= 4 is 12.0 Å². The molecule has 1 unspecified atom stereocenters. The second-order valence-electron chi connectivity index (χ2n) is 7.43. The lowest BCUT2D eigenvalue weighted by molar-refractivity contribution is -0.131. The number of hydrogen-bond donors (Lipinski definition) is 1. The predicted octanol–water partition coefficient (Wildman–Crippen LogP) is 6.66. The van der Waals surface area contributed by atoms with E-state index in [-0.39, 0.29) is 0 Å². The van der Waals surface area contributed by atoms with Gasteiger partial charge in [0.05, 0.1) is 6.61 Å². The Morgan fingerprint density at radius 2 is 1.78 bits per heavy atom. The molecule has 148 valence electrons. The molecule has 3 nitrogen and oxygen atoms in total. The zero-order valence-electron chi connectivity index (χ0n) is 17.2. The molecule has 0 heterocycles. The molecule has 0 spiro atoms. The van der Waals surface area contributed by atoms with E-state index in [4.69, 9.17) is 9.84 Å². The van der Waals surface area contributed by atoms with Crippen molar-refractivity contribution in [1.82, 2.24) is 0 Å². The maximum Gasteiger partial charge on any atom is 0.328 e. The molecule has 0 amide bonds. The quantitative estimate of drug-likeness (QED) is 0.330. The molecule has 0 aromatic heterocycles. The number of hydrogen-bond acceptors (Lipinski definition) is 2. The number of aliphatic carboxylic acids is 1. The van der Waals surface area contributed by atoms with E-state index < -0.39 is 5.97 Å². The molecular formula is C24H34O3. The molecule has 1 aromatic rings. The van der Waals surface area contributed by atoms with Crippen LogP contribution in [0.2, 0.25) is 0 Å². The normalized spacial score (nSPS) is 12.8. The van der Waals surface area contributed by atoms with Gasteiger partial charge >= 0.3 is 5.97 Å². The molecule has 1 atom stereocenters. The Morgan fingerprint density at radius 3 is 2.41 bits per heavy atom. The third-order valence-corrected chi connectivity index (χ3v) is 4.42. The van der Waals surface area contributed by atoms with E-state index in [1.54, 1.807) is 6.08 Å². The highest BCUT2D eigenvalue weighted by atomic mass is 16.5. The van der Waals surface area contributed by atoms with Crippen LogP contribution in [0.4, 0.5) is 0 Å². The van der Waals surface area contributed by atoms with E-state index in [0.29, 0.717) is 12.5 Å². The standard InChI is InChI=1S/C24H34O3/c1-19(2)7-5-8-20(3)9-6-10-21(4)17-18-27-23-14-11-22(12-15-23)13-16-24(25)26/h7,9,11-16,21H,5-6,8,10,17-18H2,1-4H3,(H,25,26)/b16-13+,20-9+. The van der Waals surface area contributed by atoms with Crippen molar-refractivity contribution in [3.8, 4) is 5.75 Å². The first-order valence-corrected chi connectivity index (χ1v) is 9.79. The second kappa shape index (κ2) is 13.0. The summed E-state index contributed by atoms with van der Waals surface area (Å²) >= 11 is 0. The average Bonchev–Trinajstić information content (AvgIpc) is 2.60. The fourth-order valence-electron chi connectivity index (χ4n) is 2.67. The first kappa shape index (κ1) is 22.8. The molecule has 27 heavy (non-hydrogen) atoms. The van der Waals surface area contributed by atoms with Crippen molar-refractivity contribution in [2.24, 2.45) is 5.92 Å². The van der Waals surface area contributed by atoms with E-state index in [0.717, 1.165) is 43.1 Å². The largest absolute Gasteiger partial charge is 0.494 e. The van der Waals surface area contributed by atoms with E-state index in [2.05, 4.69) is 39.8 Å². The summed E-state index contributed by atoms with van der Waals surface area (Å²) in [5, 5.41) is 8.63. The highest BCUT2D eigenvalue weighted by molar-refractivity contribution is 5.85. The molecule has 0 bridgehead atoms. The van der Waals surface area contributed by atoms with Gasteiger partial charge in [-0.2, -0.15) is 0 Å². The molecule has 0 fully saturated rings. The highest BCUT2D eigenvalue weighted by Crippen LogP contribution is 2.17. The van der Waals surface area contributed by atoms with Crippen molar-refractivity contribution < 1.29 is 14.6 Å². The zero-order chi connectivity index (χ0) is 20.1. The van der Waals surface area contributed by atoms with Crippen LogP contribution in [0.1, 0.15) is 65.4 Å². The van der Waals surface area contributed by atoms with Crippen LogP contribution >= 0.6 is 0 Å². The van der Waals surface area contributed by atoms with Crippen LogP contribution in [-0.4, -0.2) is 17.7 Å². The molecule has 0 saturated carbocycles. The van der Waals surface area contributed by atoms with Crippen LogP contribution in [0.15, 0.2) is 53.6 Å². The minimum Gasteiger partial charge on any atom is -0.494 e. The smallest absolute Gasteiger partial charge is 0.328 e. The molecule has 0 aliphatic carbocycles. The molecule has 1 rings (SSSR count). The third-order valence-electron chi connectivity index (χ3n) is 4.42. The van der Waals surface area contributed by atoms with Gasteiger partial charge in [0.15, 0.2) is 0 Å². The van der Waals surface area contributed by atoms with E-state index in [1.807, 2.05) is 24.3 Å². The van der Waals surface area contributed by atoms with E-state index >= 15 is 0 Å². The van der Waals surface area contributed by atoms with Gasteiger partial charge in [-0.3, -0.25) is 0 Å². The maximum absolute atomic E-state index is 10.5. The van der Waals surface area contributed by atoms with E-state index in [9.17, 15) is 4.79 Å². The topological polar surface area (TPSA) is 46.5 Å². The monoisotopic (exact) mass is 370 g/mol. The number of benzene rings is 1. The SMILES string of the molecule is CC(C)=CCC/C(C)=C/CCC(C)CCOc1ccc(/C=C/C(=O)O)cc1. The first-order valence-electron chi connectivity index (χ1n) is 9.79. The van der Waals surface area contributed by atoms with Gasteiger partial charge in [0.25, 0.3) is 0 Å². The van der Waals surface area contributed by atoms with Crippen molar-refractivity contribution in [3.05, 3.63) is 59.2 Å². The number of allylic oxidation sites excluding steroid dienone is 4. The Bertz CT molecular complexity index is 647. The molecule has 3 heteroatoms. The van der Waals surface area contributed by atoms with Crippen LogP contribution in [-0.2, 0) is 4.79 Å². The number of ether oxygens (including phenoxy) is 1. The maximum atomic E-state index is 10.5. The fraction of sp³-hybridized carbons (Fsp3) is 0.458. The predicted molar refractivity (Wildman–Crippen MR) is 114 cm³/mol. The molecule has 0 saturated heterocycles. The minimum atomic E-state index is -0.942. The Morgan fingerprint density at radius 1 is 1.07 bits per heavy atom. The summed E-state index contributed by atoms with van der Waals surface area (Å²) in [4.78, 5) is 10.5. The average molecular weight is 371 g/mol. The van der Waals surface area contributed by atoms with Crippen LogP contribution in [0.25, 0.3) is 6.08 Å². The summed E-state index contributed by atoms with van der Waals surface area (Å²) in [6.07, 6.45) is 13.0. The van der Waals surface area contributed by atoms with Crippen molar-refractivity contribution in [3.63, 3.8) is 0 Å². The first-order chi connectivity index (χ1) is 12.9. The van der Waals surface area contributed by atoms with Crippen molar-refractivity contribution in [1.29, 1.82) is 0 Å². The molecule has 0 aliphatic rings. The summed E-state index contributed by atoms with van der Waals surface area (Å²) in [6, 6.07) is 7.48. The van der Waals surface area contributed by atoms with Gasteiger partial charge in [0.2, 0.25) is 0 Å². The summed E-state index contributed by atoms with van der Waals surface area (Å²) in [5.74, 6) is 0.511. The van der Waals surface area contributed by atoms with Crippen molar-refractivity contribution in [2.45, 2.75) is 59.8 Å². The van der Waals surface area contributed by atoms with E-state index in [1.165, 1.54) is 17.6 Å². The lowest BCUT2D eigenvalue weighted by atomic mass is 10.0. The lowest BCUT2D eigenvalue weighted by Gasteiger charge is -2.12. The second-order valence-corrected chi connectivity index (χ2v) is 7.43. The van der Waals surface area contributed by atoms with Crippen molar-refractivity contribution in [2.75, 3.05) is 6.61 Å². The summed E-state index contributed by atoms with van der Waals surface area (Å²) in [6.45, 7) is 9.49. The zero-order valence-corrected chi connectivity index (χ0v) is 17.2. The van der Waals surface area contributed by atoms with Gasteiger partial charge in [-0.05, 0) is 82.6 Å². The summed E-state index contributed by atoms with van der Waals surface area (Å²) in [7, 11) is 0.